The molecule has 416 valence electrons. The Labute approximate surface area is 455 Å². The van der Waals surface area contributed by atoms with E-state index in [2.05, 4.69) is 142 Å². The van der Waals surface area contributed by atoms with Gasteiger partial charge in [0.05, 0.1) is 0 Å². The lowest BCUT2D eigenvalue weighted by Gasteiger charge is -2.18. The SMILES string of the molecule is CC/C=C/C/C=C/C/C=C/C/C=C/C/C=C/C/C=C/CCC(=O)OC[C@@H](COC(=O)CCCCCCCCCCCCCCCCCCCC)OC(=O)CC/C=C/C/C=C/C/C=C/C/C=C/C/C=C/C/C=C/CC. The van der Waals surface area contributed by atoms with Crippen molar-refractivity contribution >= 4 is 17.9 Å². The minimum absolute atomic E-state index is 0.135. The molecule has 0 unspecified atom stereocenters. The van der Waals surface area contributed by atoms with Gasteiger partial charge in [0.1, 0.15) is 13.2 Å². The number of carbonyl (C=O) groups excluding carboxylic acids is 3. The molecule has 6 nitrogen and oxygen atoms in total. The van der Waals surface area contributed by atoms with Crippen molar-refractivity contribution in [1.29, 1.82) is 0 Å². The first-order valence-electron chi connectivity index (χ1n) is 29.8. The number of ether oxygens (including phenoxy) is 3. The van der Waals surface area contributed by atoms with Crippen LogP contribution in [0.4, 0.5) is 0 Å². The normalized spacial score (nSPS) is 13.2. The third-order valence-electron chi connectivity index (χ3n) is 12.1. The van der Waals surface area contributed by atoms with E-state index in [1.54, 1.807) is 0 Å². The van der Waals surface area contributed by atoms with Gasteiger partial charge in [-0.1, -0.05) is 276 Å². The molecule has 0 aliphatic carbocycles. The fourth-order valence-electron chi connectivity index (χ4n) is 7.73. The van der Waals surface area contributed by atoms with Gasteiger partial charge in [-0.15, -0.1) is 0 Å². The zero-order valence-electron chi connectivity index (χ0n) is 47.5. The Kier molecular flexibility index (Phi) is 57.0. The van der Waals surface area contributed by atoms with E-state index < -0.39 is 12.1 Å². The summed E-state index contributed by atoms with van der Waals surface area (Å²) in [6.07, 6.45) is 87.2. The molecule has 0 radical (unpaired) electrons. The zero-order valence-corrected chi connectivity index (χ0v) is 47.5. The molecule has 0 rings (SSSR count). The molecular formula is C68H108O6. The van der Waals surface area contributed by atoms with Crippen molar-refractivity contribution in [3.05, 3.63) is 146 Å². The van der Waals surface area contributed by atoms with Crippen molar-refractivity contribution in [1.82, 2.24) is 0 Å². The lowest BCUT2D eigenvalue weighted by Crippen LogP contribution is -2.30. The highest BCUT2D eigenvalue weighted by atomic mass is 16.6. The van der Waals surface area contributed by atoms with Crippen LogP contribution in [0.25, 0.3) is 0 Å². The molecule has 0 saturated heterocycles. The van der Waals surface area contributed by atoms with E-state index in [1.807, 2.05) is 24.3 Å². The van der Waals surface area contributed by atoms with Crippen molar-refractivity contribution in [2.75, 3.05) is 13.2 Å². The summed E-state index contributed by atoms with van der Waals surface area (Å²) >= 11 is 0. The summed E-state index contributed by atoms with van der Waals surface area (Å²) in [5, 5.41) is 0. The second kappa shape index (κ2) is 60.8. The molecule has 0 bridgehead atoms. The van der Waals surface area contributed by atoms with Crippen LogP contribution >= 0.6 is 0 Å². The fourth-order valence-corrected chi connectivity index (χ4v) is 7.73. The Bertz CT molecular complexity index is 1640. The van der Waals surface area contributed by atoms with Gasteiger partial charge in [0, 0.05) is 19.3 Å². The molecule has 0 aromatic heterocycles. The van der Waals surface area contributed by atoms with Gasteiger partial charge >= 0.3 is 17.9 Å². The van der Waals surface area contributed by atoms with E-state index in [9.17, 15) is 14.4 Å². The average molecular weight is 1020 g/mol. The van der Waals surface area contributed by atoms with Crippen LogP contribution in [0, 0.1) is 0 Å². The van der Waals surface area contributed by atoms with Crippen LogP contribution in [-0.4, -0.2) is 37.2 Å². The molecule has 0 amide bonds. The van der Waals surface area contributed by atoms with Crippen LogP contribution in [-0.2, 0) is 28.6 Å². The first kappa shape index (κ1) is 69.3. The van der Waals surface area contributed by atoms with Crippen LogP contribution in [0.3, 0.4) is 0 Å². The molecule has 0 aliphatic rings. The molecule has 0 saturated carbocycles. The summed E-state index contributed by atoms with van der Waals surface area (Å²) < 4.78 is 16.7. The molecule has 0 heterocycles. The van der Waals surface area contributed by atoms with Crippen molar-refractivity contribution in [2.45, 2.75) is 252 Å². The third kappa shape index (κ3) is 58.2. The molecule has 0 aromatic rings. The van der Waals surface area contributed by atoms with E-state index in [-0.39, 0.29) is 38.0 Å². The number of allylic oxidation sites excluding steroid dienone is 24. The predicted molar refractivity (Wildman–Crippen MR) is 320 cm³/mol. The number of unbranched alkanes of at least 4 members (excludes halogenated alkanes) is 17. The van der Waals surface area contributed by atoms with Crippen LogP contribution in [0.2, 0.25) is 0 Å². The van der Waals surface area contributed by atoms with Gasteiger partial charge < -0.3 is 14.2 Å². The topological polar surface area (TPSA) is 78.9 Å². The molecule has 0 aromatic carbocycles. The molecule has 0 spiro atoms. The largest absolute Gasteiger partial charge is 0.462 e. The first-order chi connectivity index (χ1) is 36.5. The molecular weight excluding hydrogens is 913 g/mol. The zero-order chi connectivity index (χ0) is 53.6. The Morgan fingerprint density at radius 1 is 0.284 bits per heavy atom. The van der Waals surface area contributed by atoms with E-state index in [1.165, 1.54) is 96.3 Å². The van der Waals surface area contributed by atoms with Gasteiger partial charge in [0.25, 0.3) is 0 Å². The number of hydrogen-bond donors (Lipinski definition) is 0. The minimum Gasteiger partial charge on any atom is -0.462 e. The maximum atomic E-state index is 12.8. The summed E-state index contributed by atoms with van der Waals surface area (Å²) in [6, 6.07) is 0. The third-order valence-corrected chi connectivity index (χ3v) is 12.1. The molecule has 6 heteroatoms. The molecule has 0 fully saturated rings. The van der Waals surface area contributed by atoms with E-state index >= 15 is 0 Å². The molecule has 0 N–H and O–H groups in total. The van der Waals surface area contributed by atoms with Crippen molar-refractivity contribution in [3.8, 4) is 0 Å². The first-order valence-corrected chi connectivity index (χ1v) is 29.8. The van der Waals surface area contributed by atoms with Crippen LogP contribution in [0.15, 0.2) is 146 Å². The Morgan fingerprint density at radius 3 is 0.824 bits per heavy atom. The van der Waals surface area contributed by atoms with Gasteiger partial charge in [-0.05, 0) is 96.3 Å². The van der Waals surface area contributed by atoms with Gasteiger partial charge in [-0.25, -0.2) is 0 Å². The van der Waals surface area contributed by atoms with Crippen molar-refractivity contribution < 1.29 is 28.6 Å². The highest BCUT2D eigenvalue weighted by Crippen LogP contribution is 2.15. The van der Waals surface area contributed by atoms with Gasteiger partial charge in [0.2, 0.25) is 0 Å². The summed E-state index contributed by atoms with van der Waals surface area (Å²) in [7, 11) is 0. The predicted octanol–water partition coefficient (Wildman–Crippen LogP) is 20.4. The standard InChI is InChI=1S/C68H108O6/c1-4-7-10-13-16-19-22-25-28-31-34-37-40-43-46-49-52-55-58-61-67(70)73-64-65(63-72-66(69)60-57-54-51-48-45-42-39-36-33-30-27-24-21-18-15-12-9-6-3)74-68(71)62-59-56-53-50-47-44-41-38-35-32-29-26-23-20-17-14-11-8-5-2/h7-8,10-11,16-17,19-20,25-26,28-29,34-35,37-38,43-44,46-47,52-53,55-56,65H,4-6,9,12-15,18,21-24,27,30-33,36,39-42,45,48-51,54,57-64H2,1-3H3/b10-7+,11-8+,19-16+,20-17+,28-25+,29-26+,37-34+,38-35+,46-43+,47-44+,55-52+,56-53+/t65-/m1/s1. The lowest BCUT2D eigenvalue weighted by molar-refractivity contribution is -0.166. The van der Waals surface area contributed by atoms with E-state index in [0.717, 1.165) is 96.3 Å². The van der Waals surface area contributed by atoms with Gasteiger partial charge in [-0.2, -0.15) is 0 Å². The summed E-state index contributed by atoms with van der Waals surface area (Å²) in [5.41, 5.74) is 0. The highest BCUT2D eigenvalue weighted by molar-refractivity contribution is 5.71. The van der Waals surface area contributed by atoms with Crippen LogP contribution in [0.1, 0.15) is 245 Å². The Morgan fingerprint density at radius 2 is 0.527 bits per heavy atom. The van der Waals surface area contributed by atoms with Crippen LogP contribution in [0.5, 0.6) is 0 Å². The summed E-state index contributed by atoms with van der Waals surface area (Å²) in [5.74, 6) is -1.11. The fraction of sp³-hybridized carbons (Fsp3) is 0.603. The smallest absolute Gasteiger partial charge is 0.306 e. The Hall–Kier alpha value is -4.71. The van der Waals surface area contributed by atoms with E-state index in [4.69, 9.17) is 14.2 Å². The van der Waals surface area contributed by atoms with Crippen molar-refractivity contribution in [3.63, 3.8) is 0 Å². The van der Waals surface area contributed by atoms with Gasteiger partial charge in [0.15, 0.2) is 6.10 Å². The molecule has 1 atom stereocenters. The Balaban J connectivity index is 4.61. The maximum Gasteiger partial charge on any atom is 0.306 e. The average Bonchev–Trinajstić information content (AvgIpc) is 3.40. The highest BCUT2D eigenvalue weighted by Gasteiger charge is 2.19. The second-order valence-electron chi connectivity index (χ2n) is 19.1. The minimum atomic E-state index is -0.855. The molecule has 74 heavy (non-hydrogen) atoms. The van der Waals surface area contributed by atoms with Crippen molar-refractivity contribution in [2.24, 2.45) is 0 Å². The number of carbonyl (C=O) groups is 3. The monoisotopic (exact) mass is 1020 g/mol. The van der Waals surface area contributed by atoms with E-state index in [0.29, 0.717) is 19.3 Å². The second-order valence-corrected chi connectivity index (χ2v) is 19.1. The number of hydrogen-bond acceptors (Lipinski definition) is 6. The van der Waals surface area contributed by atoms with Crippen LogP contribution < -0.4 is 0 Å². The number of esters is 3. The number of rotatable bonds is 52. The summed E-state index contributed by atoms with van der Waals surface area (Å²) in [4.78, 5) is 38.2. The lowest BCUT2D eigenvalue weighted by atomic mass is 10.0. The van der Waals surface area contributed by atoms with Gasteiger partial charge in [-0.3, -0.25) is 14.4 Å². The summed E-state index contributed by atoms with van der Waals surface area (Å²) in [6.45, 7) is 6.29. The quantitative estimate of drug-likeness (QED) is 0.0261. The molecule has 0 aliphatic heterocycles. The maximum absolute atomic E-state index is 12.8.